The van der Waals surface area contributed by atoms with Gasteiger partial charge in [0.2, 0.25) is 9.84 Å². The molecule has 0 aromatic heterocycles. The predicted octanol–water partition coefficient (Wildman–Crippen LogP) is 1.93. The first-order valence-electron chi connectivity index (χ1n) is 5.72. The molecule has 1 unspecified atom stereocenters. The fourth-order valence-corrected chi connectivity index (χ4v) is 3.50. The van der Waals surface area contributed by atoms with Gasteiger partial charge in [-0.2, -0.15) is 0 Å². The van der Waals surface area contributed by atoms with Gasteiger partial charge >= 0.3 is 5.97 Å². The van der Waals surface area contributed by atoms with Crippen LogP contribution < -0.4 is 4.74 Å². The molecule has 102 valence electrons. The molecule has 1 aromatic rings. The van der Waals surface area contributed by atoms with Crippen molar-refractivity contribution < 1.29 is 23.1 Å². The van der Waals surface area contributed by atoms with Crippen molar-refractivity contribution in [1.29, 1.82) is 0 Å². The van der Waals surface area contributed by atoms with Crippen LogP contribution in [0.15, 0.2) is 28.5 Å². The highest BCUT2D eigenvalue weighted by Crippen LogP contribution is 2.38. The first kappa shape index (κ1) is 13.6. The molecule has 5 nitrogen and oxygen atoms in total. The summed E-state index contributed by atoms with van der Waals surface area (Å²) in [7, 11) is -1.97. The molecule has 0 fully saturated rings. The van der Waals surface area contributed by atoms with E-state index in [-0.39, 0.29) is 11.3 Å². The third-order valence-electron chi connectivity index (χ3n) is 3.08. The van der Waals surface area contributed by atoms with Crippen LogP contribution in [0.4, 0.5) is 0 Å². The maximum Gasteiger partial charge on any atom is 0.306 e. The number of carboxylic acids is 1. The van der Waals surface area contributed by atoms with E-state index in [1.807, 2.05) is 0 Å². The van der Waals surface area contributed by atoms with E-state index in [0.29, 0.717) is 16.9 Å². The van der Waals surface area contributed by atoms with E-state index in [4.69, 9.17) is 9.84 Å². The number of allylic oxidation sites excluding steroid dienone is 1. The van der Waals surface area contributed by atoms with Gasteiger partial charge in [-0.1, -0.05) is 6.92 Å². The van der Waals surface area contributed by atoms with E-state index in [0.717, 1.165) is 5.41 Å². The molecule has 19 heavy (non-hydrogen) atoms. The highest BCUT2D eigenvalue weighted by molar-refractivity contribution is 7.95. The Labute approximate surface area is 111 Å². The molecule has 2 rings (SSSR count). The van der Waals surface area contributed by atoms with Crippen LogP contribution in [-0.4, -0.2) is 26.6 Å². The Morgan fingerprint density at radius 1 is 1.42 bits per heavy atom. The standard InChI is InChI=1S/C13H14O5S/c1-8(13(14)15)5-9-7-19(16,17)12-4-3-10(18-2)6-11(9)12/h3-4,6-8H,5H2,1-2H3,(H,14,15). The molecule has 0 aliphatic carbocycles. The summed E-state index contributed by atoms with van der Waals surface area (Å²) in [6, 6.07) is 4.69. The van der Waals surface area contributed by atoms with Gasteiger partial charge in [0.05, 0.1) is 17.9 Å². The minimum Gasteiger partial charge on any atom is -0.497 e. The topological polar surface area (TPSA) is 80.7 Å². The van der Waals surface area contributed by atoms with E-state index < -0.39 is 21.7 Å². The van der Waals surface area contributed by atoms with Gasteiger partial charge < -0.3 is 9.84 Å². The van der Waals surface area contributed by atoms with Gasteiger partial charge in [0, 0.05) is 11.0 Å². The maximum atomic E-state index is 11.9. The van der Waals surface area contributed by atoms with Crippen LogP contribution in [0.5, 0.6) is 5.75 Å². The quantitative estimate of drug-likeness (QED) is 0.912. The van der Waals surface area contributed by atoms with Crippen molar-refractivity contribution in [2.75, 3.05) is 7.11 Å². The fourth-order valence-electron chi connectivity index (χ4n) is 2.02. The molecule has 0 spiro atoms. The molecule has 0 amide bonds. The van der Waals surface area contributed by atoms with Gasteiger partial charge in [-0.3, -0.25) is 4.79 Å². The lowest BCUT2D eigenvalue weighted by Gasteiger charge is -2.09. The minimum absolute atomic E-state index is 0.175. The number of benzene rings is 1. The predicted molar refractivity (Wildman–Crippen MR) is 69.6 cm³/mol. The molecule has 1 aliphatic heterocycles. The molecule has 0 bridgehead atoms. The molecule has 6 heteroatoms. The summed E-state index contributed by atoms with van der Waals surface area (Å²) >= 11 is 0. The molecular weight excluding hydrogens is 268 g/mol. The highest BCUT2D eigenvalue weighted by atomic mass is 32.2. The molecule has 1 heterocycles. The molecular formula is C13H14O5S. The summed E-state index contributed by atoms with van der Waals surface area (Å²) in [5, 5.41) is 10.1. The molecule has 0 radical (unpaired) electrons. The van der Waals surface area contributed by atoms with Crippen molar-refractivity contribution in [3.05, 3.63) is 29.2 Å². The average Bonchev–Trinajstić information content (AvgIpc) is 2.60. The van der Waals surface area contributed by atoms with Crippen LogP contribution in [0.1, 0.15) is 18.9 Å². The van der Waals surface area contributed by atoms with Gasteiger partial charge in [0.15, 0.2) is 0 Å². The summed E-state index contributed by atoms with van der Waals surface area (Å²) in [5.41, 5.74) is 1.05. The SMILES string of the molecule is COc1ccc2c(c1)C(CC(C)C(=O)O)=CS2(=O)=O. The van der Waals surface area contributed by atoms with Crippen molar-refractivity contribution in [3.8, 4) is 5.75 Å². The number of ether oxygens (including phenoxy) is 1. The van der Waals surface area contributed by atoms with Crippen LogP contribution >= 0.6 is 0 Å². The second-order valence-corrected chi connectivity index (χ2v) is 6.26. The number of sulfone groups is 1. The monoisotopic (exact) mass is 282 g/mol. The summed E-state index contributed by atoms with van der Waals surface area (Å²) < 4.78 is 29.0. The van der Waals surface area contributed by atoms with E-state index in [1.165, 1.54) is 13.2 Å². The Kier molecular flexibility index (Phi) is 3.36. The Hall–Kier alpha value is -1.82. The molecule has 0 saturated heterocycles. The Balaban J connectivity index is 2.46. The number of carboxylic acid groups (broad SMARTS) is 1. The summed E-state index contributed by atoms with van der Waals surface area (Å²) in [5.74, 6) is -1.04. The zero-order valence-electron chi connectivity index (χ0n) is 10.6. The third kappa shape index (κ3) is 2.49. The maximum absolute atomic E-state index is 11.9. The van der Waals surface area contributed by atoms with Crippen molar-refractivity contribution in [3.63, 3.8) is 0 Å². The van der Waals surface area contributed by atoms with E-state index in [1.54, 1.807) is 19.1 Å². The van der Waals surface area contributed by atoms with E-state index in [2.05, 4.69) is 0 Å². The summed E-state index contributed by atoms with van der Waals surface area (Å²) in [4.78, 5) is 11.1. The lowest BCUT2D eigenvalue weighted by molar-refractivity contribution is -0.140. The van der Waals surface area contributed by atoms with Crippen LogP contribution in [-0.2, 0) is 14.6 Å². The van der Waals surface area contributed by atoms with Gasteiger partial charge in [-0.05, 0) is 30.2 Å². The van der Waals surface area contributed by atoms with Gasteiger partial charge in [-0.25, -0.2) is 8.42 Å². The van der Waals surface area contributed by atoms with Crippen molar-refractivity contribution >= 4 is 21.4 Å². The third-order valence-corrected chi connectivity index (χ3v) is 4.65. The van der Waals surface area contributed by atoms with Crippen LogP contribution in [0, 0.1) is 5.92 Å². The number of aliphatic carboxylic acids is 1. The second kappa shape index (κ2) is 4.70. The zero-order valence-corrected chi connectivity index (χ0v) is 11.4. The van der Waals surface area contributed by atoms with Crippen LogP contribution in [0.3, 0.4) is 0 Å². The minimum atomic E-state index is -3.46. The summed E-state index contributed by atoms with van der Waals surface area (Å²) in [6.07, 6.45) is 0.175. The lowest BCUT2D eigenvalue weighted by atomic mass is 9.97. The van der Waals surface area contributed by atoms with Crippen LogP contribution in [0.2, 0.25) is 0 Å². The van der Waals surface area contributed by atoms with Crippen molar-refractivity contribution in [2.45, 2.75) is 18.2 Å². The molecule has 1 aliphatic rings. The number of rotatable bonds is 4. The first-order chi connectivity index (χ1) is 8.85. The van der Waals surface area contributed by atoms with Gasteiger partial charge in [0.25, 0.3) is 0 Å². The number of methoxy groups -OCH3 is 1. The number of fused-ring (bicyclic) bond motifs is 1. The van der Waals surface area contributed by atoms with Crippen LogP contribution in [0.25, 0.3) is 5.57 Å². The zero-order chi connectivity index (χ0) is 14.2. The van der Waals surface area contributed by atoms with E-state index in [9.17, 15) is 13.2 Å². The smallest absolute Gasteiger partial charge is 0.306 e. The number of hydrogen-bond acceptors (Lipinski definition) is 4. The average molecular weight is 282 g/mol. The molecule has 1 atom stereocenters. The number of hydrogen-bond donors (Lipinski definition) is 1. The van der Waals surface area contributed by atoms with E-state index >= 15 is 0 Å². The van der Waals surface area contributed by atoms with Gasteiger partial charge in [-0.15, -0.1) is 0 Å². The second-order valence-electron chi connectivity index (χ2n) is 4.49. The van der Waals surface area contributed by atoms with Crippen molar-refractivity contribution in [2.24, 2.45) is 5.92 Å². The largest absolute Gasteiger partial charge is 0.497 e. The summed E-state index contributed by atoms with van der Waals surface area (Å²) in [6.45, 7) is 1.55. The highest BCUT2D eigenvalue weighted by Gasteiger charge is 2.29. The number of carbonyl (C=O) groups is 1. The van der Waals surface area contributed by atoms with Gasteiger partial charge in [0.1, 0.15) is 5.75 Å². The Morgan fingerprint density at radius 3 is 2.68 bits per heavy atom. The first-order valence-corrected chi connectivity index (χ1v) is 7.26. The molecule has 1 aromatic carbocycles. The Morgan fingerprint density at radius 2 is 2.11 bits per heavy atom. The molecule has 0 saturated carbocycles. The Bertz CT molecular complexity index is 658. The normalized spacial score (nSPS) is 17.5. The fraction of sp³-hybridized carbons (Fsp3) is 0.308. The van der Waals surface area contributed by atoms with Crippen molar-refractivity contribution in [1.82, 2.24) is 0 Å². The molecule has 1 N–H and O–H groups in total. The lowest BCUT2D eigenvalue weighted by Crippen LogP contribution is -2.09.